The van der Waals surface area contributed by atoms with E-state index in [0.717, 1.165) is 22.9 Å². The van der Waals surface area contributed by atoms with E-state index >= 15 is 0 Å². The number of H-pyrrole nitrogens is 1. The third-order valence-electron chi connectivity index (χ3n) is 3.63. The van der Waals surface area contributed by atoms with Gasteiger partial charge in [-0.1, -0.05) is 6.07 Å². The molecule has 3 aromatic rings. The average molecular weight is 385 g/mol. The zero-order chi connectivity index (χ0) is 19.6. The number of thioether (sulfide) groups is 1. The van der Waals surface area contributed by atoms with Crippen molar-refractivity contribution in [1.82, 2.24) is 15.2 Å². The number of carboxylic acid groups (broad SMARTS) is 2. The summed E-state index contributed by atoms with van der Waals surface area (Å²) in [5.41, 5.74) is 1.66. The first-order valence-electron chi connectivity index (χ1n) is 7.79. The minimum Gasteiger partial charge on any atom is -0.478 e. The highest BCUT2D eigenvalue weighted by atomic mass is 32.2. The van der Waals surface area contributed by atoms with Gasteiger partial charge in [0.2, 0.25) is 5.16 Å². The van der Waals surface area contributed by atoms with Gasteiger partial charge < -0.3 is 14.6 Å². The number of furan rings is 1. The fourth-order valence-corrected chi connectivity index (χ4v) is 3.11. The van der Waals surface area contributed by atoms with Crippen molar-refractivity contribution in [2.45, 2.75) is 19.0 Å². The average Bonchev–Trinajstić information content (AvgIpc) is 3.23. The number of hydrogen-bond acceptors (Lipinski definition) is 6. The molecule has 1 aromatic carbocycles. The van der Waals surface area contributed by atoms with E-state index in [1.54, 1.807) is 38.1 Å². The van der Waals surface area contributed by atoms with Crippen LogP contribution in [0.3, 0.4) is 0 Å². The van der Waals surface area contributed by atoms with Crippen molar-refractivity contribution in [2.24, 2.45) is 0 Å². The first-order valence-corrected chi connectivity index (χ1v) is 8.61. The van der Waals surface area contributed by atoms with Crippen LogP contribution in [0.15, 0.2) is 44.8 Å². The molecule has 0 atom stereocenters. The molecule has 9 heteroatoms. The molecule has 0 amide bonds. The van der Waals surface area contributed by atoms with Gasteiger partial charge >= 0.3 is 11.9 Å². The molecule has 0 aliphatic carbocycles. The van der Waals surface area contributed by atoms with Crippen molar-refractivity contribution in [3.63, 3.8) is 0 Å². The number of aliphatic carboxylic acids is 1. The third kappa shape index (κ3) is 4.26. The lowest BCUT2D eigenvalue weighted by atomic mass is 10.0. The molecule has 3 N–H and O–H groups in total. The third-order valence-corrected chi connectivity index (χ3v) is 4.51. The van der Waals surface area contributed by atoms with E-state index < -0.39 is 11.9 Å². The molecule has 0 saturated carbocycles. The molecule has 0 saturated heterocycles. The Bertz CT molecular complexity index is 1050. The van der Waals surface area contributed by atoms with Gasteiger partial charge in [-0.25, -0.2) is 14.6 Å². The van der Waals surface area contributed by atoms with Gasteiger partial charge in [-0.05, 0) is 55.4 Å². The van der Waals surface area contributed by atoms with Gasteiger partial charge in [0.25, 0.3) is 0 Å². The smallest absolute Gasteiger partial charge is 0.342 e. The molecule has 0 bridgehead atoms. The molecule has 0 radical (unpaired) electrons. The lowest BCUT2D eigenvalue weighted by Gasteiger charge is -2.04. The number of aromatic nitrogens is 3. The summed E-state index contributed by atoms with van der Waals surface area (Å²) in [7, 11) is 0. The van der Waals surface area contributed by atoms with Crippen LogP contribution in [0.25, 0.3) is 17.4 Å². The maximum absolute atomic E-state index is 11.5. The topological polar surface area (TPSA) is 129 Å². The second kappa shape index (κ2) is 7.50. The van der Waals surface area contributed by atoms with Gasteiger partial charge in [-0.3, -0.25) is 5.10 Å². The second-order valence-corrected chi connectivity index (χ2v) is 6.67. The fourth-order valence-electron chi connectivity index (χ4n) is 2.38. The maximum atomic E-state index is 11.5. The van der Waals surface area contributed by atoms with E-state index in [9.17, 15) is 14.7 Å². The Morgan fingerprint density at radius 1 is 1.19 bits per heavy atom. The van der Waals surface area contributed by atoms with Gasteiger partial charge in [0.15, 0.2) is 0 Å². The lowest BCUT2D eigenvalue weighted by molar-refractivity contribution is -0.131. The highest BCUT2D eigenvalue weighted by Crippen LogP contribution is 2.30. The van der Waals surface area contributed by atoms with Gasteiger partial charge in [0.1, 0.15) is 22.3 Å². The molecule has 0 unspecified atom stereocenters. The predicted molar refractivity (Wildman–Crippen MR) is 98.4 cm³/mol. The molecule has 0 fully saturated rings. The summed E-state index contributed by atoms with van der Waals surface area (Å²) in [6.45, 7) is 3.50. The Hall–Kier alpha value is -3.33. The summed E-state index contributed by atoms with van der Waals surface area (Å²) < 4.78 is 5.73. The number of nitrogens with zero attached hydrogens (tertiary/aromatic N) is 2. The number of carbonyl (C=O) groups is 2. The number of hydrogen-bond donors (Lipinski definition) is 3. The SMILES string of the molecule is Cc1nc(S/C(=C\c2ccc(-c3ccc(C(=O)O)cc3C)o2)C(=O)O)n[nH]1. The van der Waals surface area contributed by atoms with Crippen LogP contribution in [-0.4, -0.2) is 37.3 Å². The number of carboxylic acids is 2. The van der Waals surface area contributed by atoms with Gasteiger partial charge in [0.05, 0.1) is 5.56 Å². The number of aromatic carboxylic acids is 1. The molecule has 0 aliphatic heterocycles. The van der Waals surface area contributed by atoms with Crippen molar-refractivity contribution < 1.29 is 24.2 Å². The van der Waals surface area contributed by atoms with E-state index in [-0.39, 0.29) is 10.5 Å². The zero-order valence-electron chi connectivity index (χ0n) is 14.4. The van der Waals surface area contributed by atoms with Crippen LogP contribution >= 0.6 is 11.8 Å². The number of aromatic amines is 1. The molecule has 8 nitrogen and oxygen atoms in total. The first kappa shape index (κ1) is 18.5. The summed E-state index contributed by atoms with van der Waals surface area (Å²) in [4.78, 5) is 26.6. The van der Waals surface area contributed by atoms with Crippen LogP contribution in [0.5, 0.6) is 0 Å². The summed E-state index contributed by atoms with van der Waals surface area (Å²) >= 11 is 0.909. The summed E-state index contributed by atoms with van der Waals surface area (Å²) in [5, 5.41) is 25.3. The van der Waals surface area contributed by atoms with Crippen molar-refractivity contribution >= 4 is 29.8 Å². The normalized spacial score (nSPS) is 11.6. The molecule has 27 heavy (non-hydrogen) atoms. The summed E-state index contributed by atoms with van der Waals surface area (Å²) in [5.74, 6) is -0.675. The molecule has 0 spiro atoms. The quantitative estimate of drug-likeness (QED) is 0.433. The number of benzene rings is 1. The van der Waals surface area contributed by atoms with E-state index in [1.165, 1.54) is 12.1 Å². The molecule has 2 aromatic heterocycles. The van der Waals surface area contributed by atoms with Crippen molar-refractivity contribution in [3.8, 4) is 11.3 Å². The van der Waals surface area contributed by atoms with Crippen LogP contribution < -0.4 is 0 Å². The Kier molecular flexibility index (Phi) is 5.13. The minimum atomic E-state index is -1.12. The highest BCUT2D eigenvalue weighted by Gasteiger charge is 2.15. The fraction of sp³-hybridized carbons (Fsp3) is 0.111. The molecular weight excluding hydrogens is 370 g/mol. The van der Waals surface area contributed by atoms with Crippen LogP contribution in [-0.2, 0) is 4.79 Å². The monoisotopic (exact) mass is 385 g/mol. The number of rotatable bonds is 6. The minimum absolute atomic E-state index is 0.00727. The second-order valence-electron chi connectivity index (χ2n) is 5.66. The van der Waals surface area contributed by atoms with E-state index in [4.69, 9.17) is 9.52 Å². The molecule has 3 rings (SSSR count). The van der Waals surface area contributed by atoms with Gasteiger partial charge in [-0.2, -0.15) is 0 Å². The van der Waals surface area contributed by atoms with Crippen LogP contribution in [0.1, 0.15) is 27.5 Å². The molecular formula is C18H15N3O5S. The van der Waals surface area contributed by atoms with Crippen molar-refractivity contribution in [3.05, 3.63) is 57.9 Å². The predicted octanol–water partition coefficient (Wildman–Crippen LogP) is 3.60. The first-order chi connectivity index (χ1) is 12.8. The Morgan fingerprint density at radius 3 is 2.56 bits per heavy atom. The van der Waals surface area contributed by atoms with Crippen LogP contribution in [0.4, 0.5) is 0 Å². The summed E-state index contributed by atoms with van der Waals surface area (Å²) in [6.07, 6.45) is 1.39. The number of aryl methyl sites for hydroxylation is 2. The van der Waals surface area contributed by atoms with Crippen molar-refractivity contribution in [2.75, 3.05) is 0 Å². The largest absolute Gasteiger partial charge is 0.478 e. The van der Waals surface area contributed by atoms with E-state index in [1.807, 2.05) is 0 Å². The zero-order valence-corrected chi connectivity index (χ0v) is 15.2. The lowest BCUT2D eigenvalue weighted by Crippen LogP contribution is -1.97. The number of nitrogens with one attached hydrogen (secondary N) is 1. The van der Waals surface area contributed by atoms with E-state index in [2.05, 4.69) is 15.2 Å². The molecule has 2 heterocycles. The van der Waals surface area contributed by atoms with Crippen LogP contribution in [0, 0.1) is 13.8 Å². The molecule has 138 valence electrons. The van der Waals surface area contributed by atoms with E-state index in [0.29, 0.717) is 22.5 Å². The maximum Gasteiger partial charge on any atom is 0.342 e. The Balaban J connectivity index is 1.88. The Labute approximate surface area is 157 Å². The van der Waals surface area contributed by atoms with Gasteiger partial charge in [-0.15, -0.1) is 5.10 Å². The summed E-state index contributed by atoms with van der Waals surface area (Å²) in [6, 6.07) is 8.06. The highest BCUT2D eigenvalue weighted by molar-refractivity contribution is 8.04. The standard InChI is InChI=1S/C18H15N3O5S/c1-9-7-11(16(22)23)3-5-13(9)14-6-4-12(26-14)8-15(17(24)25)27-18-19-10(2)20-21-18/h3-8H,1-2H3,(H,22,23)(H,24,25)(H,19,20,21)/b15-8-. The van der Waals surface area contributed by atoms with Gasteiger partial charge in [0, 0.05) is 11.6 Å². The van der Waals surface area contributed by atoms with Crippen LogP contribution in [0.2, 0.25) is 0 Å². The Morgan fingerprint density at radius 2 is 1.96 bits per heavy atom. The van der Waals surface area contributed by atoms with Crippen molar-refractivity contribution in [1.29, 1.82) is 0 Å². The molecule has 0 aliphatic rings.